The third kappa shape index (κ3) is 8.27. The highest BCUT2D eigenvalue weighted by Crippen LogP contribution is 2.15. The Kier molecular flexibility index (Phi) is 10.9. The third-order valence-electron chi connectivity index (χ3n) is 4.44. The van der Waals surface area contributed by atoms with Crippen molar-refractivity contribution in [2.75, 3.05) is 46.9 Å². The van der Waals surface area contributed by atoms with Gasteiger partial charge in [-0.15, -0.1) is 24.0 Å². The number of hydrogen-bond acceptors (Lipinski definition) is 3. The van der Waals surface area contributed by atoms with Crippen LogP contribution in [0.25, 0.3) is 0 Å². The molecule has 1 unspecified atom stereocenters. The van der Waals surface area contributed by atoms with Gasteiger partial charge in [-0.2, -0.15) is 0 Å². The second-order valence-electron chi connectivity index (χ2n) is 6.51. The normalized spacial score (nSPS) is 18.4. The van der Waals surface area contributed by atoms with Gasteiger partial charge in [0.1, 0.15) is 5.75 Å². The van der Waals surface area contributed by atoms with E-state index in [4.69, 9.17) is 9.73 Å². The van der Waals surface area contributed by atoms with E-state index >= 15 is 0 Å². The molecule has 0 spiro atoms. The zero-order chi connectivity index (χ0) is 17.2. The topological polar surface area (TPSA) is 48.9 Å². The Balaban J connectivity index is 0.00000312. The Hall–Kier alpha value is -1.02. The van der Waals surface area contributed by atoms with E-state index in [2.05, 4.69) is 41.6 Å². The summed E-state index contributed by atoms with van der Waals surface area (Å²) in [4.78, 5) is 7.19. The molecule has 142 valence electrons. The zero-order valence-electron chi connectivity index (χ0n) is 15.8. The van der Waals surface area contributed by atoms with E-state index in [0.29, 0.717) is 5.92 Å². The van der Waals surface area contributed by atoms with Gasteiger partial charge in [-0.05, 0) is 63.4 Å². The molecule has 0 aromatic heterocycles. The van der Waals surface area contributed by atoms with Gasteiger partial charge in [0.05, 0.1) is 7.11 Å². The number of hydrogen-bond donors (Lipinski definition) is 2. The molecular formula is C19H33IN4O. The summed E-state index contributed by atoms with van der Waals surface area (Å²) in [5.74, 6) is 2.51. The Morgan fingerprint density at radius 1 is 1.28 bits per heavy atom. The largest absolute Gasteiger partial charge is 0.497 e. The van der Waals surface area contributed by atoms with Gasteiger partial charge in [-0.3, -0.25) is 4.99 Å². The second kappa shape index (κ2) is 12.4. The number of nitrogens with zero attached hydrogens (tertiary/aromatic N) is 2. The molecule has 0 aliphatic carbocycles. The highest BCUT2D eigenvalue weighted by atomic mass is 127. The van der Waals surface area contributed by atoms with Gasteiger partial charge in [-0.1, -0.05) is 12.1 Å². The van der Waals surface area contributed by atoms with Gasteiger partial charge in [0.25, 0.3) is 0 Å². The first kappa shape index (κ1) is 22.0. The van der Waals surface area contributed by atoms with Crippen molar-refractivity contribution < 1.29 is 4.74 Å². The maximum absolute atomic E-state index is 5.19. The minimum atomic E-state index is 0. The lowest BCUT2D eigenvalue weighted by Gasteiger charge is -2.28. The minimum absolute atomic E-state index is 0. The fourth-order valence-corrected chi connectivity index (χ4v) is 3.10. The summed E-state index contributed by atoms with van der Waals surface area (Å²) in [5.41, 5.74) is 1.30. The third-order valence-corrected chi connectivity index (χ3v) is 4.44. The van der Waals surface area contributed by atoms with Crippen molar-refractivity contribution in [3.05, 3.63) is 29.8 Å². The first-order chi connectivity index (χ1) is 11.7. The van der Waals surface area contributed by atoms with E-state index in [9.17, 15) is 0 Å². The van der Waals surface area contributed by atoms with Gasteiger partial charge in [0.15, 0.2) is 5.96 Å². The first-order valence-corrected chi connectivity index (χ1v) is 9.05. The fourth-order valence-electron chi connectivity index (χ4n) is 3.10. The van der Waals surface area contributed by atoms with Crippen LogP contribution >= 0.6 is 24.0 Å². The number of benzene rings is 1. The summed E-state index contributed by atoms with van der Waals surface area (Å²) in [5, 5.41) is 6.79. The fraction of sp³-hybridized carbons (Fsp3) is 0.632. The summed E-state index contributed by atoms with van der Waals surface area (Å²) >= 11 is 0. The van der Waals surface area contributed by atoms with Crippen molar-refractivity contribution in [2.45, 2.75) is 26.2 Å². The molecular weight excluding hydrogens is 427 g/mol. The van der Waals surface area contributed by atoms with E-state index in [1.54, 1.807) is 7.11 Å². The predicted octanol–water partition coefficient (Wildman–Crippen LogP) is 2.75. The molecule has 1 atom stereocenters. The van der Waals surface area contributed by atoms with Crippen LogP contribution in [0, 0.1) is 5.92 Å². The lowest BCUT2D eigenvalue weighted by Crippen LogP contribution is -2.39. The summed E-state index contributed by atoms with van der Waals surface area (Å²) < 4.78 is 5.19. The summed E-state index contributed by atoms with van der Waals surface area (Å²) in [6.45, 7) is 7.16. The molecule has 2 N–H and O–H groups in total. The van der Waals surface area contributed by atoms with Crippen molar-refractivity contribution in [1.82, 2.24) is 15.5 Å². The van der Waals surface area contributed by atoms with Crippen LogP contribution in [-0.2, 0) is 6.42 Å². The van der Waals surface area contributed by atoms with Crippen molar-refractivity contribution >= 4 is 29.9 Å². The monoisotopic (exact) mass is 460 g/mol. The van der Waals surface area contributed by atoms with Crippen molar-refractivity contribution in [2.24, 2.45) is 10.9 Å². The van der Waals surface area contributed by atoms with Gasteiger partial charge in [0.2, 0.25) is 0 Å². The standard InChI is InChI=1S/C19H32N4O.HI/c1-4-20-19(22-14-17-6-5-13-23(2)15-17)21-12-11-16-7-9-18(24-3)10-8-16;/h7-10,17H,4-6,11-15H2,1-3H3,(H2,20,21,22);1H. The van der Waals surface area contributed by atoms with E-state index in [0.717, 1.165) is 44.3 Å². The Morgan fingerprint density at radius 2 is 2.04 bits per heavy atom. The van der Waals surface area contributed by atoms with Gasteiger partial charge in [0, 0.05) is 26.2 Å². The molecule has 0 bridgehead atoms. The number of guanidine groups is 1. The number of likely N-dealkylation sites (tertiary alicyclic amines) is 1. The molecule has 1 heterocycles. The molecule has 0 amide bonds. The van der Waals surface area contributed by atoms with E-state index in [1.165, 1.54) is 24.9 Å². The molecule has 0 saturated carbocycles. The Labute approximate surface area is 169 Å². The average molecular weight is 460 g/mol. The van der Waals surface area contributed by atoms with Crippen molar-refractivity contribution in [1.29, 1.82) is 0 Å². The van der Waals surface area contributed by atoms with E-state index in [-0.39, 0.29) is 24.0 Å². The van der Waals surface area contributed by atoms with Crippen LogP contribution in [0.5, 0.6) is 5.75 Å². The molecule has 1 aliphatic rings. The predicted molar refractivity (Wildman–Crippen MR) is 116 cm³/mol. The minimum Gasteiger partial charge on any atom is -0.497 e. The van der Waals surface area contributed by atoms with Gasteiger partial charge < -0.3 is 20.3 Å². The quantitative estimate of drug-likeness (QED) is 0.373. The molecule has 6 heteroatoms. The maximum atomic E-state index is 5.19. The highest BCUT2D eigenvalue weighted by Gasteiger charge is 2.16. The maximum Gasteiger partial charge on any atom is 0.191 e. The number of halogens is 1. The van der Waals surface area contributed by atoms with Crippen molar-refractivity contribution in [3.8, 4) is 5.75 Å². The SMILES string of the molecule is CCNC(=NCC1CCCN(C)C1)NCCc1ccc(OC)cc1.I. The van der Waals surface area contributed by atoms with Crippen molar-refractivity contribution in [3.63, 3.8) is 0 Å². The van der Waals surface area contributed by atoms with Crippen LogP contribution in [0.3, 0.4) is 0 Å². The summed E-state index contributed by atoms with van der Waals surface area (Å²) in [6, 6.07) is 8.24. The Bertz CT molecular complexity index is 507. The van der Waals surface area contributed by atoms with E-state index in [1.807, 2.05) is 12.1 Å². The lowest BCUT2D eigenvalue weighted by atomic mass is 9.99. The van der Waals surface area contributed by atoms with Gasteiger partial charge in [-0.25, -0.2) is 0 Å². The van der Waals surface area contributed by atoms with Gasteiger partial charge >= 0.3 is 0 Å². The number of ether oxygens (including phenoxy) is 1. The smallest absolute Gasteiger partial charge is 0.191 e. The molecule has 1 fully saturated rings. The van der Waals surface area contributed by atoms with Crippen LogP contribution in [0.2, 0.25) is 0 Å². The van der Waals surface area contributed by atoms with Crippen LogP contribution < -0.4 is 15.4 Å². The molecule has 1 aromatic carbocycles. The second-order valence-corrected chi connectivity index (χ2v) is 6.51. The summed E-state index contributed by atoms with van der Waals surface area (Å²) in [6.07, 6.45) is 3.55. The zero-order valence-corrected chi connectivity index (χ0v) is 18.1. The Morgan fingerprint density at radius 3 is 2.68 bits per heavy atom. The summed E-state index contributed by atoms with van der Waals surface area (Å²) in [7, 11) is 3.90. The van der Waals surface area contributed by atoms with Crippen LogP contribution in [0.15, 0.2) is 29.3 Å². The highest BCUT2D eigenvalue weighted by molar-refractivity contribution is 14.0. The number of piperidine rings is 1. The molecule has 5 nitrogen and oxygen atoms in total. The number of nitrogens with one attached hydrogen (secondary N) is 2. The van der Waals surface area contributed by atoms with E-state index < -0.39 is 0 Å². The van der Waals surface area contributed by atoms with Crippen LogP contribution in [0.4, 0.5) is 0 Å². The average Bonchev–Trinajstić information content (AvgIpc) is 2.60. The number of rotatable bonds is 7. The molecule has 25 heavy (non-hydrogen) atoms. The molecule has 0 radical (unpaired) electrons. The lowest BCUT2D eigenvalue weighted by molar-refractivity contribution is 0.214. The number of methoxy groups -OCH3 is 1. The molecule has 1 saturated heterocycles. The molecule has 2 rings (SSSR count). The molecule has 1 aliphatic heterocycles. The van der Waals surface area contributed by atoms with Crippen LogP contribution in [-0.4, -0.2) is 57.7 Å². The first-order valence-electron chi connectivity index (χ1n) is 9.05. The van der Waals surface area contributed by atoms with Crippen LogP contribution in [0.1, 0.15) is 25.3 Å². The number of aliphatic imine (C=N–C) groups is 1. The molecule has 1 aromatic rings.